The Kier molecular flexibility index (Phi) is 6.74. The van der Waals surface area contributed by atoms with E-state index in [0.29, 0.717) is 34.5 Å². The van der Waals surface area contributed by atoms with Crippen LogP contribution in [0.2, 0.25) is 0 Å². The van der Waals surface area contributed by atoms with Gasteiger partial charge in [0.05, 0.1) is 17.1 Å². The van der Waals surface area contributed by atoms with E-state index in [1.54, 1.807) is 24.3 Å². The first-order chi connectivity index (χ1) is 14.7. The predicted molar refractivity (Wildman–Crippen MR) is 125 cm³/mol. The van der Waals surface area contributed by atoms with Crippen molar-refractivity contribution < 1.29 is 14.6 Å². The van der Waals surface area contributed by atoms with Gasteiger partial charge in [0, 0.05) is 42.3 Å². The quantitative estimate of drug-likeness (QED) is 0.513. The molecular weight excluding hydrogens is 464 g/mol. The summed E-state index contributed by atoms with van der Waals surface area (Å²) in [6.07, 6.45) is 0.950. The molecule has 0 saturated carbocycles. The van der Waals surface area contributed by atoms with Gasteiger partial charge >= 0.3 is 5.97 Å². The van der Waals surface area contributed by atoms with Crippen LogP contribution in [0.25, 0.3) is 10.9 Å². The second-order valence-electron chi connectivity index (χ2n) is 7.12. The molecule has 1 aromatic heterocycles. The maximum atomic E-state index is 13.0. The lowest BCUT2D eigenvalue weighted by Gasteiger charge is -2.17. The SMILES string of the molecule is CCc1nc2ccc(Br)cc2c(=O)n1N=Cc1ccc(N(C)C)cc1O[C@H](C)C(=O)O. The minimum atomic E-state index is -1.08. The minimum Gasteiger partial charge on any atom is -0.479 e. The Morgan fingerprint density at radius 1 is 1.32 bits per heavy atom. The van der Waals surface area contributed by atoms with Gasteiger partial charge in [0.15, 0.2) is 6.10 Å². The number of hydrogen-bond donors (Lipinski definition) is 1. The molecule has 3 rings (SSSR count). The molecule has 9 heteroatoms. The number of halogens is 1. The number of ether oxygens (including phenoxy) is 1. The van der Waals surface area contributed by atoms with Crippen LogP contribution in [0.3, 0.4) is 0 Å². The van der Waals surface area contributed by atoms with E-state index in [0.717, 1.165) is 10.2 Å². The molecule has 0 saturated heterocycles. The summed E-state index contributed by atoms with van der Waals surface area (Å²) in [6, 6.07) is 10.7. The lowest BCUT2D eigenvalue weighted by atomic mass is 10.2. The van der Waals surface area contributed by atoms with Crippen LogP contribution in [-0.4, -0.2) is 47.1 Å². The second kappa shape index (κ2) is 9.30. The van der Waals surface area contributed by atoms with Gasteiger partial charge in [0.1, 0.15) is 11.6 Å². The summed E-state index contributed by atoms with van der Waals surface area (Å²) in [4.78, 5) is 30.7. The number of aliphatic carboxylic acids is 1. The molecular formula is C22H23BrN4O4. The topological polar surface area (TPSA) is 97.0 Å². The van der Waals surface area contributed by atoms with E-state index in [4.69, 9.17) is 4.74 Å². The van der Waals surface area contributed by atoms with Crippen molar-refractivity contribution in [3.8, 4) is 5.75 Å². The van der Waals surface area contributed by atoms with E-state index in [1.807, 2.05) is 38.1 Å². The molecule has 162 valence electrons. The minimum absolute atomic E-state index is 0.286. The van der Waals surface area contributed by atoms with Crippen molar-refractivity contribution in [3.63, 3.8) is 0 Å². The van der Waals surface area contributed by atoms with E-state index in [-0.39, 0.29) is 5.56 Å². The molecule has 1 N–H and O–H groups in total. The first-order valence-electron chi connectivity index (χ1n) is 9.67. The van der Waals surface area contributed by atoms with Crippen LogP contribution in [0.1, 0.15) is 25.2 Å². The smallest absolute Gasteiger partial charge is 0.344 e. The molecule has 0 aliphatic heterocycles. The van der Waals surface area contributed by atoms with E-state index in [2.05, 4.69) is 26.0 Å². The van der Waals surface area contributed by atoms with Gasteiger partial charge in [-0.2, -0.15) is 9.78 Å². The van der Waals surface area contributed by atoms with Crippen molar-refractivity contribution in [1.29, 1.82) is 0 Å². The summed E-state index contributed by atoms with van der Waals surface area (Å²) in [6.45, 7) is 3.35. The molecule has 0 spiro atoms. The zero-order valence-corrected chi connectivity index (χ0v) is 19.3. The standard InChI is InChI=1S/C22H23BrN4O4/c1-5-20-25-18-9-7-15(23)10-17(18)21(28)27(20)24-12-14-6-8-16(26(3)4)11-19(14)31-13(2)22(29)30/h6-13H,5H2,1-4H3,(H,29,30)/t13-/m1/s1. The van der Waals surface area contributed by atoms with Crippen LogP contribution in [0.5, 0.6) is 5.75 Å². The van der Waals surface area contributed by atoms with Crippen molar-refractivity contribution >= 4 is 44.7 Å². The Labute approximate surface area is 187 Å². The van der Waals surface area contributed by atoms with E-state index < -0.39 is 12.1 Å². The first kappa shape index (κ1) is 22.5. The number of aromatic nitrogens is 2. The van der Waals surface area contributed by atoms with E-state index >= 15 is 0 Å². The Hall–Kier alpha value is -3.20. The van der Waals surface area contributed by atoms with Crippen LogP contribution in [0, 0.1) is 0 Å². The van der Waals surface area contributed by atoms with Gasteiger partial charge in [0.2, 0.25) is 0 Å². The Morgan fingerprint density at radius 3 is 2.71 bits per heavy atom. The fourth-order valence-electron chi connectivity index (χ4n) is 2.91. The fraction of sp³-hybridized carbons (Fsp3) is 0.273. The van der Waals surface area contributed by atoms with Crippen LogP contribution < -0.4 is 15.2 Å². The van der Waals surface area contributed by atoms with Crippen molar-refractivity contribution in [2.75, 3.05) is 19.0 Å². The third-order valence-electron chi connectivity index (χ3n) is 4.67. The summed E-state index contributed by atoms with van der Waals surface area (Å²) in [5.41, 5.74) is 1.70. The third-order valence-corrected chi connectivity index (χ3v) is 5.16. The molecule has 2 aromatic carbocycles. The van der Waals surface area contributed by atoms with Crippen LogP contribution in [0.4, 0.5) is 5.69 Å². The summed E-state index contributed by atoms with van der Waals surface area (Å²) in [5, 5.41) is 14.0. The average molecular weight is 487 g/mol. The molecule has 0 aliphatic carbocycles. The Balaban J connectivity index is 2.10. The van der Waals surface area contributed by atoms with Crippen LogP contribution in [-0.2, 0) is 11.2 Å². The zero-order valence-electron chi connectivity index (χ0n) is 17.7. The molecule has 0 unspecified atom stereocenters. The maximum absolute atomic E-state index is 13.0. The fourth-order valence-corrected chi connectivity index (χ4v) is 3.27. The number of anilines is 1. The number of hydrogen-bond acceptors (Lipinski definition) is 6. The van der Waals surface area contributed by atoms with Gasteiger partial charge < -0.3 is 14.7 Å². The van der Waals surface area contributed by atoms with Crippen molar-refractivity contribution in [1.82, 2.24) is 9.66 Å². The highest BCUT2D eigenvalue weighted by atomic mass is 79.9. The number of carbonyl (C=O) groups is 1. The monoisotopic (exact) mass is 486 g/mol. The second-order valence-corrected chi connectivity index (χ2v) is 8.04. The largest absolute Gasteiger partial charge is 0.479 e. The highest BCUT2D eigenvalue weighted by Crippen LogP contribution is 2.25. The number of nitrogens with zero attached hydrogens (tertiary/aromatic N) is 4. The predicted octanol–water partition coefficient (Wildman–Crippen LogP) is 3.52. The summed E-state index contributed by atoms with van der Waals surface area (Å²) in [5.74, 6) is -0.207. The molecule has 0 radical (unpaired) electrons. The normalized spacial score (nSPS) is 12.3. The van der Waals surface area contributed by atoms with Gasteiger partial charge in [-0.25, -0.2) is 9.78 Å². The number of carboxylic acid groups (broad SMARTS) is 1. The number of aryl methyl sites for hydroxylation is 1. The molecule has 8 nitrogen and oxygen atoms in total. The van der Waals surface area contributed by atoms with Gasteiger partial charge in [-0.05, 0) is 37.3 Å². The number of benzene rings is 2. The Bertz CT molecular complexity index is 1220. The average Bonchev–Trinajstić information content (AvgIpc) is 2.73. The molecule has 0 fully saturated rings. The summed E-state index contributed by atoms with van der Waals surface area (Å²) < 4.78 is 7.67. The highest BCUT2D eigenvalue weighted by molar-refractivity contribution is 9.10. The first-order valence-corrected chi connectivity index (χ1v) is 10.5. The van der Waals surface area contributed by atoms with E-state index in [1.165, 1.54) is 17.8 Å². The van der Waals surface area contributed by atoms with Crippen molar-refractivity contribution in [2.24, 2.45) is 5.10 Å². The lowest BCUT2D eigenvalue weighted by molar-refractivity contribution is -0.144. The van der Waals surface area contributed by atoms with Crippen molar-refractivity contribution in [3.05, 3.63) is 62.6 Å². The highest BCUT2D eigenvalue weighted by Gasteiger charge is 2.16. The van der Waals surface area contributed by atoms with Gasteiger partial charge in [0.25, 0.3) is 5.56 Å². The Morgan fingerprint density at radius 2 is 2.06 bits per heavy atom. The molecule has 3 aromatic rings. The van der Waals surface area contributed by atoms with Gasteiger partial charge in [-0.3, -0.25) is 4.79 Å². The molecule has 1 heterocycles. The van der Waals surface area contributed by atoms with Crippen LogP contribution >= 0.6 is 15.9 Å². The molecule has 0 aliphatic rings. The molecule has 31 heavy (non-hydrogen) atoms. The molecule has 0 bridgehead atoms. The van der Waals surface area contributed by atoms with Crippen molar-refractivity contribution in [2.45, 2.75) is 26.4 Å². The van der Waals surface area contributed by atoms with E-state index in [9.17, 15) is 14.7 Å². The lowest BCUT2D eigenvalue weighted by Crippen LogP contribution is -2.24. The third kappa shape index (κ3) is 4.93. The summed E-state index contributed by atoms with van der Waals surface area (Å²) >= 11 is 3.38. The maximum Gasteiger partial charge on any atom is 0.344 e. The molecule has 1 atom stereocenters. The zero-order chi connectivity index (χ0) is 22.7. The number of fused-ring (bicyclic) bond motifs is 1. The van der Waals surface area contributed by atoms with Gasteiger partial charge in [-0.1, -0.05) is 22.9 Å². The molecule has 0 amide bonds. The number of carboxylic acids is 1. The van der Waals surface area contributed by atoms with Gasteiger partial charge in [-0.15, -0.1) is 0 Å². The van der Waals surface area contributed by atoms with Crippen LogP contribution in [0.15, 0.2) is 50.8 Å². The summed E-state index contributed by atoms with van der Waals surface area (Å²) in [7, 11) is 3.75. The number of rotatable bonds is 7.